The fraction of sp³-hybridized carbons (Fsp3) is 0.182. The number of nitrogens with one attached hydrogen (secondary N) is 1. The number of rotatable bonds is 2. The molecule has 3 nitrogen and oxygen atoms in total. The fourth-order valence-electron chi connectivity index (χ4n) is 1.13. The Bertz CT molecular complexity index is 391. The molecule has 0 saturated carbocycles. The number of nitrogen functional groups attached to an aromatic ring is 1. The summed E-state index contributed by atoms with van der Waals surface area (Å²) in [5.41, 5.74) is 7.63. The van der Waals surface area contributed by atoms with E-state index in [4.69, 9.17) is 12.2 Å². The number of amides is 1. The van der Waals surface area contributed by atoms with Gasteiger partial charge in [0.15, 0.2) is 0 Å². The van der Waals surface area contributed by atoms with Crippen LogP contribution in [-0.2, 0) is 0 Å². The highest BCUT2D eigenvalue weighted by atomic mass is 16.1. The Balaban J connectivity index is 2.91. The van der Waals surface area contributed by atoms with Crippen molar-refractivity contribution in [2.75, 3.05) is 12.3 Å². The normalized spacial score (nSPS) is 9.14. The van der Waals surface area contributed by atoms with Crippen molar-refractivity contribution in [3.63, 3.8) is 0 Å². The third-order valence-electron chi connectivity index (χ3n) is 1.97. The Morgan fingerprint density at radius 3 is 3.00 bits per heavy atom. The molecule has 3 N–H and O–H groups in total. The molecular weight excluding hydrogens is 176 g/mol. The van der Waals surface area contributed by atoms with E-state index in [-0.39, 0.29) is 12.5 Å². The summed E-state index contributed by atoms with van der Waals surface area (Å²) in [6.45, 7) is 2.03. The lowest BCUT2D eigenvalue weighted by molar-refractivity contribution is 0.0958. The molecule has 0 aliphatic carbocycles. The van der Waals surface area contributed by atoms with Gasteiger partial charge >= 0.3 is 0 Å². The summed E-state index contributed by atoms with van der Waals surface area (Å²) in [6, 6.07) is 5.22. The average molecular weight is 188 g/mol. The van der Waals surface area contributed by atoms with Crippen molar-refractivity contribution in [2.45, 2.75) is 6.92 Å². The van der Waals surface area contributed by atoms with Crippen LogP contribution in [0, 0.1) is 19.3 Å². The molecule has 1 aromatic carbocycles. The Labute approximate surface area is 83.3 Å². The van der Waals surface area contributed by atoms with Gasteiger partial charge in [0.1, 0.15) is 0 Å². The van der Waals surface area contributed by atoms with Crippen molar-refractivity contribution in [1.29, 1.82) is 0 Å². The number of benzene rings is 1. The van der Waals surface area contributed by atoms with Gasteiger partial charge in [-0.25, -0.2) is 0 Å². The van der Waals surface area contributed by atoms with Crippen LogP contribution in [0.15, 0.2) is 18.2 Å². The van der Waals surface area contributed by atoms with E-state index in [1.54, 1.807) is 25.1 Å². The number of terminal acetylenes is 1. The van der Waals surface area contributed by atoms with Gasteiger partial charge in [-0.15, -0.1) is 6.42 Å². The second kappa shape index (κ2) is 4.33. The number of hydrogen-bond donors (Lipinski definition) is 2. The molecule has 0 bridgehead atoms. The SMILES string of the molecule is C#CCNC(=O)c1cccc(N)c1C. The molecule has 0 spiro atoms. The van der Waals surface area contributed by atoms with E-state index in [1.807, 2.05) is 0 Å². The molecular formula is C11H12N2O. The highest BCUT2D eigenvalue weighted by molar-refractivity contribution is 5.96. The first-order valence-corrected chi connectivity index (χ1v) is 4.23. The fourth-order valence-corrected chi connectivity index (χ4v) is 1.13. The largest absolute Gasteiger partial charge is 0.398 e. The topological polar surface area (TPSA) is 55.1 Å². The van der Waals surface area contributed by atoms with Gasteiger partial charge in [0.05, 0.1) is 6.54 Å². The molecule has 0 aliphatic rings. The van der Waals surface area contributed by atoms with Crippen molar-refractivity contribution in [3.05, 3.63) is 29.3 Å². The van der Waals surface area contributed by atoms with Crippen LogP contribution in [0.4, 0.5) is 5.69 Å². The summed E-state index contributed by atoms with van der Waals surface area (Å²) in [4.78, 5) is 11.5. The Morgan fingerprint density at radius 1 is 1.64 bits per heavy atom. The van der Waals surface area contributed by atoms with Crippen molar-refractivity contribution in [2.24, 2.45) is 0 Å². The minimum Gasteiger partial charge on any atom is -0.398 e. The molecule has 1 rings (SSSR count). The molecule has 72 valence electrons. The van der Waals surface area contributed by atoms with Crippen molar-refractivity contribution >= 4 is 11.6 Å². The molecule has 0 heterocycles. The molecule has 1 aromatic rings. The Hall–Kier alpha value is -1.95. The van der Waals surface area contributed by atoms with Gasteiger partial charge in [-0.1, -0.05) is 12.0 Å². The number of carbonyl (C=O) groups excluding carboxylic acids is 1. The van der Waals surface area contributed by atoms with Crippen LogP contribution < -0.4 is 11.1 Å². The first-order chi connectivity index (χ1) is 6.66. The zero-order valence-corrected chi connectivity index (χ0v) is 8.00. The van der Waals surface area contributed by atoms with E-state index in [0.29, 0.717) is 11.3 Å². The van der Waals surface area contributed by atoms with E-state index < -0.39 is 0 Å². The van der Waals surface area contributed by atoms with Gasteiger partial charge in [-0.2, -0.15) is 0 Å². The van der Waals surface area contributed by atoms with Gasteiger partial charge in [0, 0.05) is 11.3 Å². The summed E-state index contributed by atoms with van der Waals surface area (Å²) >= 11 is 0. The lowest BCUT2D eigenvalue weighted by Crippen LogP contribution is -2.24. The lowest BCUT2D eigenvalue weighted by Gasteiger charge is -2.07. The third-order valence-corrected chi connectivity index (χ3v) is 1.97. The molecule has 0 unspecified atom stereocenters. The third kappa shape index (κ3) is 2.05. The molecule has 14 heavy (non-hydrogen) atoms. The summed E-state index contributed by atoms with van der Waals surface area (Å²) in [6.07, 6.45) is 5.03. The molecule has 0 aliphatic heterocycles. The maximum atomic E-state index is 11.5. The highest BCUT2D eigenvalue weighted by Gasteiger charge is 2.08. The zero-order valence-electron chi connectivity index (χ0n) is 8.00. The summed E-state index contributed by atoms with van der Waals surface area (Å²) in [5, 5.41) is 2.59. The van der Waals surface area contributed by atoms with E-state index in [2.05, 4.69) is 11.2 Å². The van der Waals surface area contributed by atoms with Gasteiger partial charge in [0.2, 0.25) is 0 Å². The lowest BCUT2D eigenvalue weighted by atomic mass is 10.1. The average Bonchev–Trinajstić information content (AvgIpc) is 2.18. The second-order valence-electron chi connectivity index (χ2n) is 2.91. The Morgan fingerprint density at radius 2 is 2.36 bits per heavy atom. The summed E-state index contributed by atoms with van der Waals surface area (Å²) < 4.78 is 0. The molecule has 1 amide bonds. The molecule has 3 heteroatoms. The molecule has 0 saturated heterocycles. The summed E-state index contributed by atoms with van der Waals surface area (Å²) in [5.74, 6) is 2.15. The smallest absolute Gasteiger partial charge is 0.252 e. The van der Waals surface area contributed by atoms with E-state index in [1.165, 1.54) is 0 Å². The first kappa shape index (κ1) is 10.1. The molecule has 0 fully saturated rings. The number of hydrogen-bond acceptors (Lipinski definition) is 2. The molecule has 0 atom stereocenters. The van der Waals surface area contributed by atoms with Gasteiger partial charge in [-0.05, 0) is 24.6 Å². The minimum atomic E-state index is -0.187. The first-order valence-electron chi connectivity index (χ1n) is 4.23. The van der Waals surface area contributed by atoms with Crippen LogP contribution in [0.25, 0.3) is 0 Å². The molecule has 0 radical (unpaired) electrons. The van der Waals surface area contributed by atoms with Gasteiger partial charge in [0.25, 0.3) is 5.91 Å². The van der Waals surface area contributed by atoms with Crippen LogP contribution in [0.2, 0.25) is 0 Å². The second-order valence-corrected chi connectivity index (χ2v) is 2.91. The predicted molar refractivity (Wildman–Crippen MR) is 56.8 cm³/mol. The van der Waals surface area contributed by atoms with Crippen molar-refractivity contribution < 1.29 is 4.79 Å². The summed E-state index contributed by atoms with van der Waals surface area (Å²) in [7, 11) is 0. The standard InChI is InChI=1S/C11H12N2O/c1-3-7-13-11(14)9-5-4-6-10(12)8(9)2/h1,4-6H,7,12H2,2H3,(H,13,14). The van der Waals surface area contributed by atoms with Crippen molar-refractivity contribution in [3.8, 4) is 12.3 Å². The van der Waals surface area contributed by atoms with Gasteiger partial charge in [-0.3, -0.25) is 4.79 Å². The van der Waals surface area contributed by atoms with Gasteiger partial charge < -0.3 is 11.1 Å². The quantitative estimate of drug-likeness (QED) is 0.536. The zero-order chi connectivity index (χ0) is 10.6. The van der Waals surface area contributed by atoms with E-state index >= 15 is 0 Å². The predicted octanol–water partition coefficient (Wildman–Crippen LogP) is 0.940. The maximum absolute atomic E-state index is 11.5. The van der Waals surface area contributed by atoms with Crippen LogP contribution in [-0.4, -0.2) is 12.5 Å². The maximum Gasteiger partial charge on any atom is 0.252 e. The Kier molecular flexibility index (Phi) is 3.14. The number of carbonyl (C=O) groups is 1. The molecule has 0 aromatic heterocycles. The monoisotopic (exact) mass is 188 g/mol. The van der Waals surface area contributed by atoms with E-state index in [9.17, 15) is 4.79 Å². The van der Waals surface area contributed by atoms with Crippen molar-refractivity contribution in [1.82, 2.24) is 5.32 Å². The van der Waals surface area contributed by atoms with Crippen LogP contribution >= 0.6 is 0 Å². The van der Waals surface area contributed by atoms with Crippen LogP contribution in [0.1, 0.15) is 15.9 Å². The van der Waals surface area contributed by atoms with E-state index in [0.717, 1.165) is 5.56 Å². The highest BCUT2D eigenvalue weighted by Crippen LogP contribution is 2.14. The minimum absolute atomic E-state index is 0.187. The van der Waals surface area contributed by atoms with Crippen LogP contribution in [0.5, 0.6) is 0 Å². The number of nitrogens with two attached hydrogens (primary N) is 1. The van der Waals surface area contributed by atoms with Crippen LogP contribution in [0.3, 0.4) is 0 Å². The number of anilines is 1.